The van der Waals surface area contributed by atoms with Gasteiger partial charge in [0.05, 0.1) is 11.1 Å². The highest BCUT2D eigenvalue weighted by molar-refractivity contribution is 9.10. The number of imide groups is 1. The van der Waals surface area contributed by atoms with E-state index in [-0.39, 0.29) is 43.1 Å². The number of amides is 4. The zero-order valence-electron chi connectivity index (χ0n) is 17.4. The van der Waals surface area contributed by atoms with Crippen molar-refractivity contribution < 1.29 is 19.2 Å². The van der Waals surface area contributed by atoms with Gasteiger partial charge in [0.1, 0.15) is 6.04 Å². The highest BCUT2D eigenvalue weighted by Gasteiger charge is 2.35. The molecule has 4 amide bonds. The van der Waals surface area contributed by atoms with Crippen LogP contribution in [0.2, 0.25) is 0 Å². The fourth-order valence-electron chi connectivity index (χ4n) is 3.55. The minimum absolute atomic E-state index is 0.116. The molecule has 1 heterocycles. The third kappa shape index (κ3) is 5.02. The summed E-state index contributed by atoms with van der Waals surface area (Å²) in [5.74, 6) is -1.14. The SMILES string of the molecule is CNC(=O)C(C)N(Cc1ccc(Br)cc1)C(=O)CCCN1C(=O)c2ccccc2C1=O. The van der Waals surface area contributed by atoms with Crippen LogP contribution in [0.25, 0.3) is 0 Å². The van der Waals surface area contributed by atoms with Crippen molar-refractivity contribution in [3.8, 4) is 0 Å². The Labute approximate surface area is 189 Å². The van der Waals surface area contributed by atoms with Crippen LogP contribution in [0.1, 0.15) is 46.0 Å². The van der Waals surface area contributed by atoms with Gasteiger partial charge in [-0.05, 0) is 43.2 Å². The third-order valence-electron chi connectivity index (χ3n) is 5.33. The van der Waals surface area contributed by atoms with E-state index in [0.717, 1.165) is 10.0 Å². The molecule has 0 aliphatic carbocycles. The van der Waals surface area contributed by atoms with Crippen molar-refractivity contribution in [1.29, 1.82) is 0 Å². The van der Waals surface area contributed by atoms with Crippen molar-refractivity contribution in [2.75, 3.05) is 13.6 Å². The van der Waals surface area contributed by atoms with Gasteiger partial charge in [-0.2, -0.15) is 0 Å². The summed E-state index contributed by atoms with van der Waals surface area (Å²) in [6.07, 6.45) is 0.437. The Hall–Kier alpha value is -3.00. The summed E-state index contributed by atoms with van der Waals surface area (Å²) in [6, 6.07) is 13.6. The number of fused-ring (bicyclic) bond motifs is 1. The van der Waals surface area contributed by atoms with Crippen LogP contribution in [0.3, 0.4) is 0 Å². The fraction of sp³-hybridized carbons (Fsp3) is 0.304. The average Bonchev–Trinajstić information content (AvgIpc) is 3.02. The topological polar surface area (TPSA) is 86.8 Å². The van der Waals surface area contributed by atoms with Crippen LogP contribution in [0.5, 0.6) is 0 Å². The second-order valence-corrected chi connectivity index (χ2v) is 8.27. The lowest BCUT2D eigenvalue weighted by Gasteiger charge is -2.28. The summed E-state index contributed by atoms with van der Waals surface area (Å²) < 4.78 is 0.925. The first-order valence-corrected chi connectivity index (χ1v) is 10.8. The first kappa shape index (κ1) is 22.7. The van der Waals surface area contributed by atoms with Crippen molar-refractivity contribution in [1.82, 2.24) is 15.1 Å². The van der Waals surface area contributed by atoms with Crippen molar-refractivity contribution in [3.05, 3.63) is 69.7 Å². The normalized spacial score (nSPS) is 13.7. The van der Waals surface area contributed by atoms with Gasteiger partial charge >= 0.3 is 0 Å². The zero-order chi connectivity index (χ0) is 22.5. The van der Waals surface area contributed by atoms with Crippen LogP contribution in [0.15, 0.2) is 53.0 Å². The quantitative estimate of drug-likeness (QED) is 0.582. The molecule has 1 N–H and O–H groups in total. The molecule has 1 atom stereocenters. The standard InChI is InChI=1S/C23H24BrN3O4/c1-15(21(29)25-2)27(14-16-9-11-17(24)12-10-16)20(28)8-5-13-26-22(30)18-6-3-4-7-19(18)23(26)31/h3-4,6-7,9-12,15H,5,8,13-14H2,1-2H3,(H,25,29). The van der Waals surface area contributed by atoms with E-state index in [0.29, 0.717) is 17.5 Å². The Bertz CT molecular complexity index is 971. The van der Waals surface area contributed by atoms with Crippen LogP contribution >= 0.6 is 15.9 Å². The Morgan fingerprint density at radius 1 is 1.03 bits per heavy atom. The van der Waals surface area contributed by atoms with Crippen LogP contribution in [-0.4, -0.2) is 53.1 Å². The minimum atomic E-state index is -0.652. The molecule has 3 rings (SSSR count). The molecule has 7 nitrogen and oxygen atoms in total. The second-order valence-electron chi connectivity index (χ2n) is 7.35. The molecule has 31 heavy (non-hydrogen) atoms. The molecule has 0 radical (unpaired) electrons. The third-order valence-corrected chi connectivity index (χ3v) is 5.86. The van der Waals surface area contributed by atoms with E-state index in [1.54, 1.807) is 31.2 Å². The summed E-state index contributed by atoms with van der Waals surface area (Å²) >= 11 is 3.39. The molecule has 8 heteroatoms. The van der Waals surface area contributed by atoms with Crippen molar-refractivity contribution >= 4 is 39.6 Å². The van der Waals surface area contributed by atoms with Crippen molar-refractivity contribution in [2.24, 2.45) is 0 Å². The summed E-state index contributed by atoms with van der Waals surface area (Å²) in [5.41, 5.74) is 1.68. The maximum absolute atomic E-state index is 13.0. The van der Waals surface area contributed by atoms with E-state index < -0.39 is 6.04 Å². The van der Waals surface area contributed by atoms with Gasteiger partial charge in [-0.3, -0.25) is 24.1 Å². The molecule has 1 unspecified atom stereocenters. The number of halogens is 1. The summed E-state index contributed by atoms with van der Waals surface area (Å²) in [4.78, 5) is 52.8. The molecule has 1 aliphatic rings. The van der Waals surface area contributed by atoms with E-state index >= 15 is 0 Å². The van der Waals surface area contributed by atoms with Crippen LogP contribution in [0, 0.1) is 0 Å². The van der Waals surface area contributed by atoms with Crippen molar-refractivity contribution in [3.63, 3.8) is 0 Å². The molecular formula is C23H24BrN3O4. The lowest BCUT2D eigenvalue weighted by molar-refractivity contribution is -0.140. The lowest BCUT2D eigenvalue weighted by atomic mass is 10.1. The molecule has 0 bridgehead atoms. The van der Waals surface area contributed by atoms with Gasteiger partial charge < -0.3 is 10.2 Å². The molecule has 0 fully saturated rings. The van der Waals surface area contributed by atoms with Gasteiger partial charge in [0.2, 0.25) is 11.8 Å². The van der Waals surface area contributed by atoms with Gasteiger partial charge in [-0.15, -0.1) is 0 Å². The van der Waals surface area contributed by atoms with Gasteiger partial charge in [0.25, 0.3) is 11.8 Å². The number of carbonyl (C=O) groups is 4. The van der Waals surface area contributed by atoms with Crippen LogP contribution in [-0.2, 0) is 16.1 Å². The maximum Gasteiger partial charge on any atom is 0.261 e. The highest BCUT2D eigenvalue weighted by Crippen LogP contribution is 2.23. The smallest absolute Gasteiger partial charge is 0.261 e. The van der Waals surface area contributed by atoms with Gasteiger partial charge in [0, 0.05) is 31.0 Å². The van der Waals surface area contributed by atoms with E-state index in [1.807, 2.05) is 24.3 Å². The van der Waals surface area contributed by atoms with Gasteiger partial charge in [-0.1, -0.05) is 40.2 Å². The number of carbonyl (C=O) groups excluding carboxylic acids is 4. The predicted molar refractivity (Wildman–Crippen MR) is 119 cm³/mol. The molecule has 2 aromatic carbocycles. The lowest BCUT2D eigenvalue weighted by Crippen LogP contribution is -2.46. The van der Waals surface area contributed by atoms with E-state index in [9.17, 15) is 19.2 Å². The highest BCUT2D eigenvalue weighted by atomic mass is 79.9. The zero-order valence-corrected chi connectivity index (χ0v) is 19.0. The summed E-state index contributed by atoms with van der Waals surface area (Å²) in [7, 11) is 1.53. The molecule has 0 saturated carbocycles. The first-order chi connectivity index (χ1) is 14.8. The van der Waals surface area contributed by atoms with Gasteiger partial charge in [-0.25, -0.2) is 0 Å². The monoisotopic (exact) mass is 485 g/mol. The number of nitrogens with one attached hydrogen (secondary N) is 1. The fourth-order valence-corrected chi connectivity index (χ4v) is 3.82. The first-order valence-electron chi connectivity index (χ1n) is 10.0. The number of nitrogens with zero attached hydrogens (tertiary/aromatic N) is 2. The van der Waals surface area contributed by atoms with Crippen molar-refractivity contribution in [2.45, 2.75) is 32.4 Å². The molecule has 0 aromatic heterocycles. The Kier molecular flexibility index (Phi) is 7.22. The average molecular weight is 486 g/mol. The van der Waals surface area contributed by atoms with Crippen LogP contribution in [0.4, 0.5) is 0 Å². The molecule has 0 spiro atoms. The molecule has 0 saturated heterocycles. The number of rotatable bonds is 8. The Balaban J connectivity index is 1.65. The minimum Gasteiger partial charge on any atom is -0.357 e. The van der Waals surface area contributed by atoms with E-state index in [1.165, 1.54) is 16.8 Å². The number of hydrogen-bond donors (Lipinski definition) is 1. The molecule has 162 valence electrons. The number of likely N-dealkylation sites (N-methyl/N-ethyl adjacent to an activating group) is 1. The number of hydrogen-bond acceptors (Lipinski definition) is 4. The van der Waals surface area contributed by atoms with Gasteiger partial charge in [0.15, 0.2) is 0 Å². The van der Waals surface area contributed by atoms with E-state index in [2.05, 4.69) is 21.2 Å². The van der Waals surface area contributed by atoms with E-state index in [4.69, 9.17) is 0 Å². The maximum atomic E-state index is 13.0. The largest absolute Gasteiger partial charge is 0.357 e. The summed E-state index contributed by atoms with van der Waals surface area (Å²) in [6.45, 7) is 2.12. The van der Waals surface area contributed by atoms with Crippen LogP contribution < -0.4 is 5.32 Å². The Morgan fingerprint density at radius 2 is 1.61 bits per heavy atom. The summed E-state index contributed by atoms with van der Waals surface area (Å²) in [5, 5.41) is 2.58. The molecule has 1 aliphatic heterocycles. The second kappa shape index (κ2) is 9.87. The predicted octanol–water partition coefficient (Wildman–Crippen LogP) is 2.99. The molecular weight excluding hydrogens is 462 g/mol. The Morgan fingerprint density at radius 3 is 2.16 bits per heavy atom. The number of benzene rings is 2. The molecule has 2 aromatic rings.